The molecule has 3 heteroatoms. The summed E-state index contributed by atoms with van der Waals surface area (Å²) in [6, 6.07) is 0. The highest BCUT2D eigenvalue weighted by atomic mass is 16.5. The maximum absolute atomic E-state index is 10.8. The topological polar surface area (TPSA) is 29.5 Å². The summed E-state index contributed by atoms with van der Waals surface area (Å²) >= 11 is 0. The minimum Gasteiger partial charge on any atom is -0.432 e. The number of hydrogen-bond donors (Lipinski definition) is 0. The van der Waals surface area contributed by atoms with Crippen LogP contribution in [-0.2, 0) is 9.53 Å². The first-order valence-electron chi connectivity index (χ1n) is 3.53. The predicted molar refractivity (Wildman–Crippen MR) is 44.1 cm³/mol. The minimum atomic E-state index is -0.216. The summed E-state index contributed by atoms with van der Waals surface area (Å²) in [5.74, 6) is 0.236. The SMILES string of the molecule is C=C(C)OC(=O)CCN(C)C. The van der Waals surface area contributed by atoms with Crippen LogP contribution in [0.3, 0.4) is 0 Å². The van der Waals surface area contributed by atoms with Crippen LogP contribution in [-0.4, -0.2) is 31.5 Å². The van der Waals surface area contributed by atoms with E-state index >= 15 is 0 Å². The van der Waals surface area contributed by atoms with Gasteiger partial charge in [0.15, 0.2) is 0 Å². The van der Waals surface area contributed by atoms with E-state index in [2.05, 4.69) is 6.58 Å². The van der Waals surface area contributed by atoms with E-state index in [1.165, 1.54) is 0 Å². The lowest BCUT2D eigenvalue weighted by Gasteiger charge is -2.08. The van der Waals surface area contributed by atoms with Gasteiger partial charge in [-0.3, -0.25) is 4.79 Å². The number of allylic oxidation sites excluding steroid dienone is 1. The first kappa shape index (κ1) is 10.2. The molecule has 0 atom stereocenters. The Morgan fingerprint density at radius 2 is 2.09 bits per heavy atom. The normalized spacial score (nSPS) is 9.82. The minimum absolute atomic E-state index is 0.216. The molecule has 0 rings (SSSR count). The van der Waals surface area contributed by atoms with Crippen LogP contribution < -0.4 is 0 Å². The zero-order valence-corrected chi connectivity index (χ0v) is 7.39. The van der Waals surface area contributed by atoms with Gasteiger partial charge in [-0.05, 0) is 21.0 Å². The second kappa shape index (κ2) is 4.91. The molecule has 0 aromatic carbocycles. The summed E-state index contributed by atoms with van der Waals surface area (Å²) in [6.45, 7) is 5.84. The van der Waals surface area contributed by atoms with Crippen molar-refractivity contribution in [2.75, 3.05) is 20.6 Å². The molecule has 0 aromatic heterocycles. The van der Waals surface area contributed by atoms with Gasteiger partial charge in [0.05, 0.1) is 12.2 Å². The number of carbonyl (C=O) groups is 1. The molecule has 0 aliphatic carbocycles. The monoisotopic (exact) mass is 157 g/mol. The highest BCUT2D eigenvalue weighted by Gasteiger charge is 2.02. The molecule has 64 valence electrons. The van der Waals surface area contributed by atoms with Crippen molar-refractivity contribution in [3.05, 3.63) is 12.3 Å². The Morgan fingerprint density at radius 1 is 1.55 bits per heavy atom. The van der Waals surface area contributed by atoms with E-state index < -0.39 is 0 Å². The van der Waals surface area contributed by atoms with Crippen LogP contribution >= 0.6 is 0 Å². The number of rotatable bonds is 4. The Labute approximate surface area is 67.6 Å². The maximum atomic E-state index is 10.8. The zero-order valence-electron chi connectivity index (χ0n) is 7.39. The van der Waals surface area contributed by atoms with E-state index in [-0.39, 0.29) is 5.97 Å². The van der Waals surface area contributed by atoms with Crippen molar-refractivity contribution < 1.29 is 9.53 Å². The molecule has 3 nitrogen and oxygen atoms in total. The number of carbonyl (C=O) groups excluding carboxylic acids is 1. The average Bonchev–Trinajstić information content (AvgIpc) is 1.82. The van der Waals surface area contributed by atoms with Gasteiger partial charge in [-0.1, -0.05) is 6.58 Å². The molecule has 0 spiro atoms. The Hall–Kier alpha value is -0.830. The number of esters is 1. The van der Waals surface area contributed by atoms with Crippen molar-refractivity contribution in [3.8, 4) is 0 Å². The predicted octanol–water partition coefficient (Wildman–Crippen LogP) is 1.01. The molecule has 0 heterocycles. The third kappa shape index (κ3) is 7.06. The molecule has 0 saturated carbocycles. The molecule has 11 heavy (non-hydrogen) atoms. The molecule has 0 amide bonds. The van der Waals surface area contributed by atoms with Crippen molar-refractivity contribution in [2.24, 2.45) is 0 Å². The van der Waals surface area contributed by atoms with Gasteiger partial charge in [0.2, 0.25) is 0 Å². The van der Waals surface area contributed by atoms with E-state index in [0.717, 1.165) is 0 Å². The van der Waals surface area contributed by atoms with Gasteiger partial charge in [-0.2, -0.15) is 0 Å². The van der Waals surface area contributed by atoms with Gasteiger partial charge in [0.25, 0.3) is 0 Å². The summed E-state index contributed by atoms with van der Waals surface area (Å²) in [5.41, 5.74) is 0. The molecular formula is C8H15NO2. The van der Waals surface area contributed by atoms with Crippen LogP contribution in [0, 0.1) is 0 Å². The van der Waals surface area contributed by atoms with Crippen molar-refractivity contribution in [3.63, 3.8) is 0 Å². The first-order valence-corrected chi connectivity index (χ1v) is 3.53. The molecule has 0 aliphatic rings. The standard InChI is InChI=1S/C8H15NO2/c1-7(2)11-8(10)5-6-9(3)4/h1,5-6H2,2-4H3. The number of ether oxygens (including phenoxy) is 1. The summed E-state index contributed by atoms with van der Waals surface area (Å²) in [7, 11) is 3.82. The second-order valence-electron chi connectivity index (χ2n) is 2.73. The summed E-state index contributed by atoms with van der Waals surface area (Å²) in [4.78, 5) is 12.8. The van der Waals surface area contributed by atoms with Gasteiger partial charge in [0, 0.05) is 6.54 Å². The third-order valence-electron chi connectivity index (χ3n) is 1.05. The lowest BCUT2D eigenvalue weighted by atomic mass is 10.4. The van der Waals surface area contributed by atoms with Crippen LogP contribution in [0.5, 0.6) is 0 Å². The fourth-order valence-electron chi connectivity index (χ4n) is 0.560. The fourth-order valence-corrected chi connectivity index (χ4v) is 0.560. The van der Waals surface area contributed by atoms with Crippen LogP contribution in [0.15, 0.2) is 12.3 Å². The molecular weight excluding hydrogens is 142 g/mol. The third-order valence-corrected chi connectivity index (χ3v) is 1.05. The lowest BCUT2D eigenvalue weighted by molar-refractivity contribution is -0.139. The van der Waals surface area contributed by atoms with Gasteiger partial charge in [0.1, 0.15) is 0 Å². The Bertz CT molecular complexity index is 152. The quantitative estimate of drug-likeness (QED) is 0.450. The van der Waals surface area contributed by atoms with Crippen molar-refractivity contribution in [1.29, 1.82) is 0 Å². The van der Waals surface area contributed by atoms with Crippen LogP contribution in [0.4, 0.5) is 0 Å². The summed E-state index contributed by atoms with van der Waals surface area (Å²) in [5, 5.41) is 0. The van der Waals surface area contributed by atoms with E-state index in [1.807, 2.05) is 19.0 Å². The van der Waals surface area contributed by atoms with E-state index in [1.54, 1.807) is 6.92 Å². The Balaban J connectivity index is 3.46. The van der Waals surface area contributed by atoms with Gasteiger partial charge < -0.3 is 9.64 Å². The van der Waals surface area contributed by atoms with Crippen molar-refractivity contribution >= 4 is 5.97 Å². The van der Waals surface area contributed by atoms with Crippen LogP contribution in [0.2, 0.25) is 0 Å². The molecule has 0 unspecified atom stereocenters. The average molecular weight is 157 g/mol. The molecule has 0 bridgehead atoms. The van der Waals surface area contributed by atoms with E-state index in [4.69, 9.17) is 4.74 Å². The molecule has 0 N–H and O–H groups in total. The highest BCUT2D eigenvalue weighted by Crippen LogP contribution is 1.95. The Morgan fingerprint density at radius 3 is 2.45 bits per heavy atom. The van der Waals surface area contributed by atoms with Crippen LogP contribution in [0.1, 0.15) is 13.3 Å². The zero-order chi connectivity index (χ0) is 8.85. The van der Waals surface area contributed by atoms with Crippen molar-refractivity contribution in [1.82, 2.24) is 4.90 Å². The first-order chi connectivity index (χ1) is 5.02. The molecule has 0 saturated heterocycles. The number of nitrogens with zero attached hydrogens (tertiary/aromatic N) is 1. The maximum Gasteiger partial charge on any atom is 0.312 e. The van der Waals surface area contributed by atoms with Crippen LogP contribution in [0.25, 0.3) is 0 Å². The summed E-state index contributed by atoms with van der Waals surface area (Å²) < 4.78 is 4.74. The van der Waals surface area contributed by atoms with Gasteiger partial charge in [-0.25, -0.2) is 0 Å². The Kier molecular flexibility index (Phi) is 4.54. The van der Waals surface area contributed by atoms with E-state index in [0.29, 0.717) is 18.7 Å². The van der Waals surface area contributed by atoms with E-state index in [9.17, 15) is 4.79 Å². The lowest BCUT2D eigenvalue weighted by Crippen LogP contribution is -2.17. The second-order valence-corrected chi connectivity index (χ2v) is 2.73. The molecule has 0 aromatic rings. The molecule has 0 aliphatic heterocycles. The summed E-state index contributed by atoms with van der Waals surface area (Å²) in [6.07, 6.45) is 0.417. The van der Waals surface area contributed by atoms with Gasteiger partial charge >= 0.3 is 5.97 Å². The molecule has 0 fully saturated rings. The molecule has 0 radical (unpaired) electrons. The fraction of sp³-hybridized carbons (Fsp3) is 0.625. The smallest absolute Gasteiger partial charge is 0.312 e. The largest absolute Gasteiger partial charge is 0.432 e. The van der Waals surface area contributed by atoms with Crippen molar-refractivity contribution in [2.45, 2.75) is 13.3 Å². The number of hydrogen-bond acceptors (Lipinski definition) is 3. The van der Waals surface area contributed by atoms with Gasteiger partial charge in [-0.15, -0.1) is 0 Å². The highest BCUT2D eigenvalue weighted by molar-refractivity contribution is 5.70.